The molecule has 0 radical (unpaired) electrons. The molecular weight excluding hydrogens is 406 g/mol. The average molecular weight is 434 g/mol. The van der Waals surface area contributed by atoms with Crippen LogP contribution in [0.4, 0.5) is 5.82 Å². The minimum Gasteiger partial charge on any atom is -0.474 e. The average Bonchev–Trinajstić information content (AvgIpc) is 3.43. The van der Waals surface area contributed by atoms with Gasteiger partial charge >= 0.3 is 0 Å². The molecule has 4 heterocycles. The summed E-state index contributed by atoms with van der Waals surface area (Å²) in [4.78, 5) is 22.5. The molecule has 0 saturated heterocycles. The normalized spacial score (nSPS) is 17.4. The summed E-state index contributed by atoms with van der Waals surface area (Å²) in [5.41, 5.74) is 2.56. The van der Waals surface area contributed by atoms with E-state index < -0.39 is 0 Å². The van der Waals surface area contributed by atoms with Crippen molar-refractivity contribution >= 4 is 11.7 Å². The molecule has 1 aliphatic carbocycles. The number of ether oxygens (including phenoxy) is 2. The van der Waals surface area contributed by atoms with Crippen molar-refractivity contribution in [1.82, 2.24) is 19.7 Å². The molecule has 1 N–H and O–H groups in total. The van der Waals surface area contributed by atoms with Gasteiger partial charge in [0, 0.05) is 30.8 Å². The van der Waals surface area contributed by atoms with E-state index in [1.165, 1.54) is 0 Å². The maximum atomic E-state index is 13.3. The molecule has 1 amide bonds. The van der Waals surface area contributed by atoms with Gasteiger partial charge in [0.25, 0.3) is 5.91 Å². The van der Waals surface area contributed by atoms with E-state index >= 15 is 0 Å². The predicted molar refractivity (Wildman–Crippen MR) is 120 cm³/mol. The van der Waals surface area contributed by atoms with E-state index in [1.807, 2.05) is 52.2 Å². The second-order valence-electron chi connectivity index (χ2n) is 9.27. The Balaban J connectivity index is 1.43. The second-order valence-corrected chi connectivity index (χ2v) is 9.27. The third-order valence-corrected chi connectivity index (χ3v) is 5.84. The number of aryl methyl sites for hydroxylation is 1. The number of pyridine rings is 2. The van der Waals surface area contributed by atoms with Crippen molar-refractivity contribution in [2.75, 3.05) is 5.32 Å². The van der Waals surface area contributed by atoms with Crippen molar-refractivity contribution in [2.45, 2.75) is 51.7 Å². The highest BCUT2D eigenvalue weighted by atomic mass is 16.5. The van der Waals surface area contributed by atoms with Crippen LogP contribution in [0, 0.1) is 5.92 Å². The van der Waals surface area contributed by atoms with Crippen molar-refractivity contribution in [1.29, 1.82) is 0 Å². The fourth-order valence-electron chi connectivity index (χ4n) is 3.99. The van der Waals surface area contributed by atoms with Gasteiger partial charge in [-0.25, -0.2) is 4.98 Å². The van der Waals surface area contributed by atoms with Gasteiger partial charge in [0.15, 0.2) is 0 Å². The molecule has 2 aliphatic rings. The van der Waals surface area contributed by atoms with E-state index in [2.05, 4.69) is 20.4 Å². The number of aromatic nitrogens is 4. The van der Waals surface area contributed by atoms with Gasteiger partial charge < -0.3 is 14.8 Å². The molecule has 8 heteroatoms. The molecule has 1 aliphatic heterocycles. The number of nitrogens with zero attached hydrogens (tertiary/aromatic N) is 4. The molecule has 5 rings (SSSR count). The van der Waals surface area contributed by atoms with Crippen LogP contribution in [0.3, 0.4) is 0 Å². The van der Waals surface area contributed by atoms with Crippen LogP contribution in [-0.2, 0) is 13.5 Å². The van der Waals surface area contributed by atoms with Crippen molar-refractivity contribution in [3.8, 4) is 23.0 Å². The maximum absolute atomic E-state index is 13.3. The fraction of sp³-hybridized carbons (Fsp3) is 0.417. The summed E-state index contributed by atoms with van der Waals surface area (Å²) in [5, 5.41) is 7.09. The summed E-state index contributed by atoms with van der Waals surface area (Å²) in [6.45, 7) is 6.04. The fourth-order valence-corrected chi connectivity index (χ4v) is 3.99. The first-order valence-corrected chi connectivity index (χ1v) is 10.9. The first-order chi connectivity index (χ1) is 15.3. The van der Waals surface area contributed by atoms with Gasteiger partial charge in [0.1, 0.15) is 23.1 Å². The van der Waals surface area contributed by atoms with Gasteiger partial charge in [-0.1, -0.05) is 6.07 Å². The molecule has 1 unspecified atom stereocenters. The smallest absolute Gasteiger partial charge is 0.262 e. The van der Waals surface area contributed by atoms with Gasteiger partial charge in [-0.3, -0.25) is 9.48 Å². The van der Waals surface area contributed by atoms with E-state index in [1.54, 1.807) is 16.9 Å². The Hall–Kier alpha value is -3.42. The van der Waals surface area contributed by atoms with Crippen molar-refractivity contribution in [3.05, 3.63) is 47.8 Å². The largest absolute Gasteiger partial charge is 0.474 e. The van der Waals surface area contributed by atoms with Crippen LogP contribution in [0.15, 0.2) is 36.7 Å². The van der Waals surface area contributed by atoms with E-state index in [0.717, 1.165) is 29.7 Å². The molecule has 166 valence electrons. The SMILES string of the molecule is CC(Oc1nc2c(cc1C(=O)Nc1cccc(-c3cnn(C)c3)n1)CC(C)(C)O2)C1CC1. The molecule has 1 atom stereocenters. The summed E-state index contributed by atoms with van der Waals surface area (Å²) in [5.74, 6) is 1.51. The molecule has 3 aromatic rings. The van der Waals surface area contributed by atoms with Gasteiger partial charge in [0.2, 0.25) is 11.8 Å². The molecule has 1 saturated carbocycles. The number of nitrogens with one attached hydrogen (secondary N) is 1. The maximum Gasteiger partial charge on any atom is 0.262 e. The second kappa shape index (κ2) is 7.62. The lowest BCUT2D eigenvalue weighted by Crippen LogP contribution is -2.24. The van der Waals surface area contributed by atoms with Crippen molar-refractivity contribution in [3.63, 3.8) is 0 Å². The predicted octanol–water partition coefficient (Wildman–Crippen LogP) is 4.02. The van der Waals surface area contributed by atoms with Crippen molar-refractivity contribution < 1.29 is 14.3 Å². The van der Waals surface area contributed by atoms with E-state index in [0.29, 0.717) is 35.5 Å². The summed E-state index contributed by atoms with van der Waals surface area (Å²) in [7, 11) is 1.85. The van der Waals surface area contributed by atoms with Crippen LogP contribution < -0.4 is 14.8 Å². The highest BCUT2D eigenvalue weighted by Gasteiger charge is 2.35. The van der Waals surface area contributed by atoms with Crippen LogP contribution in [-0.4, -0.2) is 37.4 Å². The Morgan fingerprint density at radius 2 is 2.12 bits per heavy atom. The van der Waals surface area contributed by atoms with Crippen LogP contribution >= 0.6 is 0 Å². The van der Waals surface area contributed by atoms with Crippen LogP contribution in [0.1, 0.15) is 49.5 Å². The highest BCUT2D eigenvalue weighted by molar-refractivity contribution is 6.05. The molecular formula is C24H27N5O3. The lowest BCUT2D eigenvalue weighted by Gasteiger charge is -2.18. The Bertz CT molecular complexity index is 1180. The molecule has 8 nitrogen and oxygen atoms in total. The van der Waals surface area contributed by atoms with Crippen molar-refractivity contribution in [2.24, 2.45) is 13.0 Å². The Kier molecular flexibility index (Phi) is 4.87. The van der Waals surface area contributed by atoms with E-state index in [4.69, 9.17) is 9.47 Å². The van der Waals surface area contributed by atoms with Gasteiger partial charge in [0.05, 0.1) is 11.9 Å². The lowest BCUT2D eigenvalue weighted by molar-refractivity contribution is 0.101. The van der Waals surface area contributed by atoms with E-state index in [-0.39, 0.29) is 17.6 Å². The molecule has 0 spiro atoms. The topological polar surface area (TPSA) is 91.2 Å². The molecule has 3 aromatic heterocycles. The zero-order chi connectivity index (χ0) is 22.5. The third kappa shape index (κ3) is 4.17. The minimum atomic E-state index is -0.358. The zero-order valence-electron chi connectivity index (χ0n) is 18.8. The molecule has 0 aromatic carbocycles. The summed E-state index contributed by atoms with van der Waals surface area (Å²) in [6.07, 6.45) is 6.58. The first-order valence-electron chi connectivity index (χ1n) is 10.9. The third-order valence-electron chi connectivity index (χ3n) is 5.84. The lowest BCUT2D eigenvalue weighted by atomic mass is 10.0. The summed E-state index contributed by atoms with van der Waals surface area (Å²) < 4.78 is 13.8. The number of amides is 1. The summed E-state index contributed by atoms with van der Waals surface area (Å²) in [6, 6.07) is 7.34. The number of hydrogen-bond donors (Lipinski definition) is 1. The van der Waals surface area contributed by atoms with Crippen LogP contribution in [0.2, 0.25) is 0 Å². The number of anilines is 1. The Morgan fingerprint density at radius 1 is 1.31 bits per heavy atom. The minimum absolute atomic E-state index is 0.00598. The molecule has 0 bridgehead atoms. The van der Waals surface area contributed by atoms with Gasteiger partial charge in [-0.15, -0.1) is 0 Å². The van der Waals surface area contributed by atoms with Crippen LogP contribution in [0.5, 0.6) is 11.8 Å². The zero-order valence-corrected chi connectivity index (χ0v) is 18.8. The molecule has 1 fully saturated rings. The standard InChI is InChI=1S/C24H27N5O3/c1-14(15-8-9-15)31-23-18(10-16-11-24(2,3)32-22(16)28-23)21(30)27-20-7-5-6-19(26-20)17-12-25-29(4)13-17/h5-7,10,12-15H,8-9,11H2,1-4H3,(H,26,27,30). The molecule has 32 heavy (non-hydrogen) atoms. The quantitative estimate of drug-likeness (QED) is 0.631. The number of fused-ring (bicyclic) bond motifs is 1. The number of hydrogen-bond acceptors (Lipinski definition) is 6. The monoisotopic (exact) mass is 433 g/mol. The van der Waals surface area contributed by atoms with Crippen LogP contribution in [0.25, 0.3) is 11.3 Å². The number of carbonyl (C=O) groups excluding carboxylic acids is 1. The Morgan fingerprint density at radius 3 is 2.84 bits per heavy atom. The van der Waals surface area contributed by atoms with Gasteiger partial charge in [-0.05, 0) is 57.7 Å². The number of carbonyl (C=O) groups is 1. The highest BCUT2D eigenvalue weighted by Crippen LogP contribution is 2.39. The first kappa shape index (κ1) is 20.5. The summed E-state index contributed by atoms with van der Waals surface area (Å²) >= 11 is 0. The van der Waals surface area contributed by atoms with E-state index in [9.17, 15) is 4.79 Å². The Labute approximate surface area is 187 Å². The number of rotatable bonds is 6. The van der Waals surface area contributed by atoms with Gasteiger partial charge in [-0.2, -0.15) is 10.1 Å².